The lowest BCUT2D eigenvalue weighted by atomic mass is 10.0. The molecule has 1 unspecified atom stereocenters. The lowest BCUT2D eigenvalue weighted by molar-refractivity contribution is 0.432. The average molecular weight is 242 g/mol. The van der Waals surface area contributed by atoms with Gasteiger partial charge in [0.2, 0.25) is 0 Å². The summed E-state index contributed by atoms with van der Waals surface area (Å²) in [5.74, 6) is 1.25. The zero-order valence-electron chi connectivity index (χ0n) is 8.58. The Hall–Kier alpha value is -1.79. The Bertz CT molecular complexity index is 514. The molecule has 0 radical (unpaired) electrons. The zero-order valence-corrected chi connectivity index (χ0v) is 8.58. The second-order valence-corrected chi connectivity index (χ2v) is 3.42. The number of rotatable bonds is 3. The van der Waals surface area contributed by atoms with Gasteiger partial charge < -0.3 is 4.42 Å². The Morgan fingerprint density at radius 3 is 2.47 bits per heavy atom. The molecule has 1 aromatic carbocycles. The van der Waals surface area contributed by atoms with E-state index < -0.39 is 23.5 Å². The molecule has 6 heteroatoms. The van der Waals surface area contributed by atoms with Crippen LogP contribution in [0.5, 0.6) is 0 Å². The van der Waals surface area contributed by atoms with Gasteiger partial charge in [-0.3, -0.25) is 5.84 Å². The fourth-order valence-electron chi connectivity index (χ4n) is 1.57. The van der Waals surface area contributed by atoms with E-state index in [0.717, 1.165) is 12.1 Å². The van der Waals surface area contributed by atoms with Crippen LogP contribution in [0.4, 0.5) is 13.2 Å². The molecule has 3 N–H and O–H groups in total. The number of hydrazine groups is 1. The third kappa shape index (κ3) is 2.04. The van der Waals surface area contributed by atoms with Gasteiger partial charge in [0.05, 0.1) is 18.6 Å². The summed E-state index contributed by atoms with van der Waals surface area (Å²) in [5.41, 5.74) is 2.74. The van der Waals surface area contributed by atoms with E-state index in [2.05, 4.69) is 5.43 Å². The Balaban J connectivity index is 2.49. The highest BCUT2D eigenvalue weighted by atomic mass is 19.2. The monoisotopic (exact) mass is 242 g/mol. The summed E-state index contributed by atoms with van der Waals surface area (Å²) >= 11 is 0. The van der Waals surface area contributed by atoms with E-state index in [9.17, 15) is 13.2 Å². The van der Waals surface area contributed by atoms with Crippen molar-refractivity contribution in [2.75, 3.05) is 0 Å². The van der Waals surface area contributed by atoms with Crippen LogP contribution in [0.1, 0.15) is 17.2 Å². The minimum absolute atomic E-state index is 0.0900. The first-order chi connectivity index (χ1) is 8.15. The highest BCUT2D eigenvalue weighted by Crippen LogP contribution is 2.26. The van der Waals surface area contributed by atoms with E-state index in [4.69, 9.17) is 10.3 Å². The lowest BCUT2D eigenvalue weighted by Gasteiger charge is -2.15. The van der Waals surface area contributed by atoms with Crippen molar-refractivity contribution < 1.29 is 17.6 Å². The highest BCUT2D eigenvalue weighted by molar-refractivity contribution is 5.31. The van der Waals surface area contributed by atoms with Gasteiger partial charge in [0, 0.05) is 11.1 Å². The van der Waals surface area contributed by atoms with Gasteiger partial charge in [-0.05, 0) is 12.1 Å². The average Bonchev–Trinajstić information content (AvgIpc) is 2.84. The van der Waals surface area contributed by atoms with E-state index in [1.165, 1.54) is 12.5 Å². The van der Waals surface area contributed by atoms with Gasteiger partial charge in [-0.1, -0.05) is 6.07 Å². The van der Waals surface area contributed by atoms with Crippen LogP contribution in [0.25, 0.3) is 0 Å². The fourth-order valence-corrected chi connectivity index (χ4v) is 1.57. The summed E-state index contributed by atoms with van der Waals surface area (Å²) in [7, 11) is 0. The van der Waals surface area contributed by atoms with Crippen LogP contribution in [-0.4, -0.2) is 0 Å². The van der Waals surface area contributed by atoms with Crippen molar-refractivity contribution in [3.63, 3.8) is 0 Å². The van der Waals surface area contributed by atoms with Gasteiger partial charge in [0.25, 0.3) is 0 Å². The Morgan fingerprint density at radius 1 is 1.12 bits per heavy atom. The maximum Gasteiger partial charge on any atom is 0.194 e. The Morgan fingerprint density at radius 2 is 1.88 bits per heavy atom. The molecule has 0 spiro atoms. The van der Waals surface area contributed by atoms with Crippen LogP contribution >= 0.6 is 0 Å². The largest absolute Gasteiger partial charge is 0.472 e. The smallest absolute Gasteiger partial charge is 0.194 e. The Labute approximate surface area is 95.0 Å². The number of hydrogen-bond donors (Lipinski definition) is 2. The second kappa shape index (κ2) is 4.60. The molecule has 1 heterocycles. The fraction of sp³-hybridized carbons (Fsp3) is 0.0909. The number of furan rings is 1. The van der Waals surface area contributed by atoms with E-state index in [1.54, 1.807) is 6.07 Å². The van der Waals surface area contributed by atoms with Gasteiger partial charge in [0.15, 0.2) is 17.5 Å². The number of nitrogens with two attached hydrogens (primary N) is 1. The molecule has 0 aliphatic rings. The van der Waals surface area contributed by atoms with Crippen molar-refractivity contribution in [2.45, 2.75) is 6.04 Å². The van der Waals surface area contributed by atoms with Crippen LogP contribution in [0.3, 0.4) is 0 Å². The zero-order chi connectivity index (χ0) is 12.4. The van der Waals surface area contributed by atoms with Crippen LogP contribution in [0.15, 0.2) is 35.1 Å². The Kier molecular flexibility index (Phi) is 3.16. The highest BCUT2D eigenvalue weighted by Gasteiger charge is 2.21. The molecule has 3 nitrogen and oxygen atoms in total. The molecular weight excluding hydrogens is 233 g/mol. The first-order valence-corrected chi connectivity index (χ1v) is 4.76. The molecule has 2 aromatic rings. The minimum Gasteiger partial charge on any atom is -0.472 e. The summed E-state index contributed by atoms with van der Waals surface area (Å²) in [6.45, 7) is 0. The molecule has 17 heavy (non-hydrogen) atoms. The summed E-state index contributed by atoms with van der Waals surface area (Å²) in [6.07, 6.45) is 2.71. The third-order valence-electron chi connectivity index (χ3n) is 2.42. The molecule has 0 bridgehead atoms. The molecule has 0 saturated carbocycles. The van der Waals surface area contributed by atoms with Crippen molar-refractivity contribution in [2.24, 2.45) is 5.84 Å². The van der Waals surface area contributed by atoms with Gasteiger partial charge in [-0.25, -0.2) is 18.6 Å². The summed E-state index contributed by atoms with van der Waals surface area (Å²) < 4.78 is 44.2. The van der Waals surface area contributed by atoms with Gasteiger partial charge in [0.1, 0.15) is 0 Å². The predicted octanol–water partition coefficient (Wildman–Crippen LogP) is 2.25. The topological polar surface area (TPSA) is 51.2 Å². The predicted molar refractivity (Wildman–Crippen MR) is 54.2 cm³/mol. The molecule has 90 valence electrons. The summed E-state index contributed by atoms with van der Waals surface area (Å²) in [5, 5.41) is 0. The number of nitrogens with one attached hydrogen (secondary N) is 1. The second-order valence-electron chi connectivity index (χ2n) is 3.42. The molecule has 0 fully saturated rings. The van der Waals surface area contributed by atoms with Crippen LogP contribution in [0.2, 0.25) is 0 Å². The van der Waals surface area contributed by atoms with Crippen LogP contribution in [-0.2, 0) is 0 Å². The van der Waals surface area contributed by atoms with Crippen molar-refractivity contribution in [1.82, 2.24) is 5.43 Å². The molecule has 0 aliphatic heterocycles. The molecule has 0 aliphatic carbocycles. The molecular formula is C11H9F3N2O. The van der Waals surface area contributed by atoms with E-state index >= 15 is 0 Å². The minimum atomic E-state index is -1.52. The van der Waals surface area contributed by atoms with Crippen LogP contribution < -0.4 is 11.3 Å². The van der Waals surface area contributed by atoms with Gasteiger partial charge in [-0.15, -0.1) is 0 Å². The maximum absolute atomic E-state index is 13.6. The van der Waals surface area contributed by atoms with Gasteiger partial charge in [-0.2, -0.15) is 0 Å². The first kappa shape index (κ1) is 11.7. The number of benzene rings is 1. The molecule has 1 atom stereocenters. The molecule has 0 saturated heterocycles. The van der Waals surface area contributed by atoms with Gasteiger partial charge >= 0.3 is 0 Å². The van der Waals surface area contributed by atoms with E-state index in [-0.39, 0.29) is 5.56 Å². The maximum atomic E-state index is 13.6. The van der Waals surface area contributed by atoms with E-state index in [1.807, 2.05) is 0 Å². The SMILES string of the molecule is NNC(c1ccoc1)c1ccc(F)c(F)c1F. The third-order valence-corrected chi connectivity index (χ3v) is 2.42. The first-order valence-electron chi connectivity index (χ1n) is 4.76. The molecule has 1 aromatic heterocycles. The van der Waals surface area contributed by atoms with Crippen molar-refractivity contribution in [3.05, 3.63) is 59.3 Å². The van der Waals surface area contributed by atoms with Crippen LogP contribution in [0, 0.1) is 17.5 Å². The summed E-state index contributed by atoms with van der Waals surface area (Å²) in [4.78, 5) is 0. The normalized spacial score (nSPS) is 12.7. The number of halogens is 3. The van der Waals surface area contributed by atoms with Crippen molar-refractivity contribution in [1.29, 1.82) is 0 Å². The number of hydrogen-bond acceptors (Lipinski definition) is 3. The van der Waals surface area contributed by atoms with E-state index in [0.29, 0.717) is 5.56 Å². The molecule has 2 rings (SSSR count). The molecule has 0 amide bonds. The van der Waals surface area contributed by atoms with Crippen molar-refractivity contribution in [3.8, 4) is 0 Å². The summed E-state index contributed by atoms with van der Waals surface area (Å²) in [6, 6.07) is 2.72. The van der Waals surface area contributed by atoms with Crippen molar-refractivity contribution >= 4 is 0 Å². The quantitative estimate of drug-likeness (QED) is 0.493. The lowest BCUT2D eigenvalue weighted by Crippen LogP contribution is -2.29. The standard InChI is InChI=1S/C11H9F3N2O/c12-8-2-1-7(9(13)10(8)14)11(16-15)6-3-4-17-5-6/h1-5,11,16H,15H2.